The molecule has 0 aliphatic carbocycles. The first kappa shape index (κ1) is 49.7. The summed E-state index contributed by atoms with van der Waals surface area (Å²) in [4.78, 5) is 5.08. The van der Waals surface area contributed by atoms with Crippen LogP contribution in [0, 0.1) is 0 Å². The van der Waals surface area contributed by atoms with Crippen LogP contribution < -0.4 is 9.80 Å². The zero-order valence-electron chi connectivity index (χ0n) is 45.3. The van der Waals surface area contributed by atoms with Gasteiger partial charge in [-0.05, 0) is 93.0 Å². The van der Waals surface area contributed by atoms with Gasteiger partial charge in [-0.2, -0.15) is 0 Å². The Morgan fingerprint density at radius 2 is 0.382 bits per heavy atom. The van der Waals surface area contributed by atoms with Gasteiger partial charge in [0.05, 0.1) is 11.4 Å². The zero-order chi connectivity index (χ0) is 52.7. The number of nitrogens with zero attached hydrogens (tertiary/aromatic N) is 2. The third-order valence-corrected chi connectivity index (χ3v) is 16.6. The minimum absolute atomic E-state index is 0.262. The number of benzene rings is 11. The number of hydrogen-bond donors (Lipinski definition) is 0. The Morgan fingerprint density at radius 1 is 0.197 bits per heavy atom. The summed E-state index contributed by atoms with van der Waals surface area (Å²) in [5.41, 5.74) is 15.7. The first-order valence-corrected chi connectivity index (χ1v) is 26.9. The van der Waals surface area contributed by atoms with Gasteiger partial charge in [0.15, 0.2) is 0 Å². The van der Waals surface area contributed by atoms with Crippen LogP contribution in [0.25, 0.3) is 21.5 Å². The van der Waals surface area contributed by atoms with Crippen molar-refractivity contribution in [3.63, 3.8) is 0 Å². The number of fused-ring (bicyclic) bond motifs is 2. The van der Waals surface area contributed by atoms with Crippen molar-refractivity contribution in [1.82, 2.24) is 0 Å². The maximum atomic E-state index is 2.54. The highest BCUT2D eigenvalue weighted by atomic mass is 15.2. The highest BCUT2D eigenvalue weighted by Gasteiger charge is 2.32. The summed E-state index contributed by atoms with van der Waals surface area (Å²) in [6.07, 6.45) is 0. The first-order valence-electron chi connectivity index (χ1n) is 26.9. The molecular formula is C74H68N2. The highest BCUT2D eigenvalue weighted by Crippen LogP contribution is 2.53. The Labute approximate surface area is 451 Å². The standard InChI is InChI=1S/C74H68N2/c1-71(2,53-29-13-9-14-30-53)57-37-25-41-61(49-57)75(62-42-26-38-58(50-62)72(3,4)54-31-15-10-16-32-54)69-65-45-21-23-47-67(65)70(68-48-24-22-46-66(68)69)76(63-43-27-39-59(51-63)73(5,6)55-33-17-11-18-34-55)64-44-28-40-60(52-64)74(7,8)56-35-19-12-20-36-56/h9-52H,1-8H3. The van der Waals surface area contributed by atoms with Crippen molar-refractivity contribution in [2.75, 3.05) is 9.80 Å². The fourth-order valence-electron chi connectivity index (χ4n) is 11.6. The van der Waals surface area contributed by atoms with Crippen molar-refractivity contribution in [3.05, 3.63) is 311 Å². The van der Waals surface area contributed by atoms with E-state index in [1.54, 1.807) is 0 Å². The van der Waals surface area contributed by atoms with Gasteiger partial charge in [0, 0.05) is 66.0 Å². The molecule has 11 aromatic carbocycles. The third-order valence-electron chi connectivity index (χ3n) is 16.6. The third kappa shape index (κ3) is 9.06. The van der Waals surface area contributed by atoms with Gasteiger partial charge in [-0.3, -0.25) is 0 Å². The Bertz CT molecular complexity index is 3320. The van der Waals surface area contributed by atoms with Gasteiger partial charge in [0.2, 0.25) is 0 Å². The second-order valence-corrected chi connectivity index (χ2v) is 22.6. The van der Waals surface area contributed by atoms with Crippen LogP contribution in [0.4, 0.5) is 34.1 Å². The number of rotatable bonds is 14. The van der Waals surface area contributed by atoms with Crippen molar-refractivity contribution < 1.29 is 0 Å². The lowest BCUT2D eigenvalue weighted by Crippen LogP contribution is -2.22. The molecule has 0 spiro atoms. The van der Waals surface area contributed by atoms with Crippen molar-refractivity contribution in [1.29, 1.82) is 0 Å². The lowest BCUT2D eigenvalue weighted by molar-refractivity contribution is 0.640. The van der Waals surface area contributed by atoms with Gasteiger partial charge >= 0.3 is 0 Å². The van der Waals surface area contributed by atoms with E-state index in [9.17, 15) is 0 Å². The monoisotopic (exact) mass is 985 g/mol. The molecule has 0 N–H and O–H groups in total. The van der Waals surface area contributed by atoms with Crippen LogP contribution in [-0.2, 0) is 21.7 Å². The SMILES string of the molecule is CC(C)(c1ccccc1)c1cccc(N(c2cccc(C(C)(C)c3ccccc3)c2)c2c3ccccc3c(N(c3cccc(C(C)(C)c4ccccc4)c3)c3cccc(C(C)(C)c4ccccc4)c3)c3ccccc23)c1. The summed E-state index contributed by atoms with van der Waals surface area (Å²) in [5, 5.41) is 4.62. The second-order valence-electron chi connectivity index (χ2n) is 22.6. The van der Waals surface area contributed by atoms with Gasteiger partial charge in [0.25, 0.3) is 0 Å². The van der Waals surface area contributed by atoms with Crippen LogP contribution in [0.15, 0.2) is 267 Å². The predicted octanol–water partition coefficient (Wildman–Crippen LogP) is 20.2. The van der Waals surface area contributed by atoms with E-state index >= 15 is 0 Å². The van der Waals surface area contributed by atoms with Gasteiger partial charge in [-0.1, -0.05) is 274 Å². The van der Waals surface area contributed by atoms with Gasteiger partial charge < -0.3 is 9.80 Å². The summed E-state index contributed by atoms with van der Waals surface area (Å²) in [7, 11) is 0. The van der Waals surface area contributed by atoms with Crippen LogP contribution >= 0.6 is 0 Å². The second kappa shape index (κ2) is 20.0. The molecule has 0 bridgehead atoms. The van der Waals surface area contributed by atoms with E-state index in [0.717, 1.165) is 55.7 Å². The van der Waals surface area contributed by atoms with Gasteiger partial charge in [0.1, 0.15) is 0 Å². The molecule has 0 aromatic heterocycles. The molecule has 0 fully saturated rings. The Hall–Kier alpha value is -8.46. The van der Waals surface area contributed by atoms with Crippen molar-refractivity contribution in [2.45, 2.75) is 77.0 Å². The Balaban J connectivity index is 1.20. The molecule has 0 aliphatic heterocycles. The lowest BCUT2D eigenvalue weighted by Gasteiger charge is -2.35. The highest BCUT2D eigenvalue weighted by molar-refractivity contribution is 6.23. The molecule has 0 heterocycles. The Morgan fingerprint density at radius 3 is 0.592 bits per heavy atom. The summed E-state index contributed by atoms with van der Waals surface area (Å²) in [6.45, 7) is 18.7. The van der Waals surface area contributed by atoms with Crippen LogP contribution in [-0.4, -0.2) is 0 Å². The molecule has 0 amide bonds. The zero-order valence-corrected chi connectivity index (χ0v) is 45.3. The molecule has 11 rings (SSSR count). The normalized spacial score (nSPS) is 12.2. The smallest absolute Gasteiger partial charge is 0.0619 e. The van der Waals surface area contributed by atoms with Crippen LogP contribution in [0.3, 0.4) is 0 Å². The van der Waals surface area contributed by atoms with E-state index < -0.39 is 0 Å². The average Bonchev–Trinajstić information content (AvgIpc) is 3.50. The minimum atomic E-state index is -0.262. The van der Waals surface area contributed by atoms with Crippen LogP contribution in [0.5, 0.6) is 0 Å². The summed E-state index contributed by atoms with van der Waals surface area (Å²) < 4.78 is 0. The maximum Gasteiger partial charge on any atom is 0.0619 e. The van der Waals surface area contributed by atoms with Crippen molar-refractivity contribution in [2.24, 2.45) is 0 Å². The average molecular weight is 985 g/mol. The van der Waals surface area contributed by atoms with E-state index in [-0.39, 0.29) is 21.7 Å². The summed E-state index contributed by atoms with van der Waals surface area (Å²) >= 11 is 0. The Kier molecular flexibility index (Phi) is 13.1. The number of hydrogen-bond acceptors (Lipinski definition) is 2. The van der Waals surface area contributed by atoms with Gasteiger partial charge in [-0.25, -0.2) is 0 Å². The topological polar surface area (TPSA) is 6.48 Å². The quantitative estimate of drug-likeness (QED) is 0.0791. The van der Waals surface area contributed by atoms with E-state index in [0.29, 0.717) is 0 Å². The summed E-state index contributed by atoms with van der Waals surface area (Å²) in [5.74, 6) is 0. The molecule has 0 aliphatic rings. The molecule has 0 saturated heterocycles. The van der Waals surface area contributed by atoms with E-state index in [4.69, 9.17) is 0 Å². The molecule has 374 valence electrons. The molecule has 2 nitrogen and oxygen atoms in total. The van der Waals surface area contributed by atoms with Crippen molar-refractivity contribution >= 4 is 55.7 Å². The fourth-order valence-corrected chi connectivity index (χ4v) is 11.6. The fraction of sp³-hybridized carbons (Fsp3) is 0.162. The molecule has 2 heteroatoms. The molecule has 76 heavy (non-hydrogen) atoms. The van der Waals surface area contributed by atoms with E-state index in [1.807, 2.05) is 0 Å². The predicted molar refractivity (Wildman–Crippen MR) is 325 cm³/mol. The maximum absolute atomic E-state index is 2.54. The number of anilines is 6. The van der Waals surface area contributed by atoms with Crippen molar-refractivity contribution in [3.8, 4) is 0 Å². The minimum Gasteiger partial charge on any atom is -0.309 e. The largest absolute Gasteiger partial charge is 0.309 e. The first-order chi connectivity index (χ1) is 36.7. The van der Waals surface area contributed by atoms with Crippen LogP contribution in [0.1, 0.15) is 99.9 Å². The molecule has 0 radical (unpaired) electrons. The molecule has 0 atom stereocenters. The van der Waals surface area contributed by atoms with E-state index in [2.05, 4.69) is 332 Å². The molecule has 0 unspecified atom stereocenters. The molecule has 11 aromatic rings. The lowest BCUT2D eigenvalue weighted by atomic mass is 9.77. The molecular weight excluding hydrogens is 917 g/mol. The van der Waals surface area contributed by atoms with Crippen LogP contribution in [0.2, 0.25) is 0 Å². The van der Waals surface area contributed by atoms with E-state index in [1.165, 1.54) is 44.5 Å². The molecule has 0 saturated carbocycles. The van der Waals surface area contributed by atoms with Gasteiger partial charge in [-0.15, -0.1) is 0 Å². The summed E-state index contributed by atoms with van der Waals surface area (Å²) in [6, 6.07) is 98.8.